The first-order valence-corrected chi connectivity index (χ1v) is 8.98. The second-order valence-electron chi connectivity index (χ2n) is 7.01. The zero-order chi connectivity index (χ0) is 18.7. The normalized spacial score (nSPS) is 14.4. The fourth-order valence-corrected chi connectivity index (χ4v) is 2.75. The number of hydrogen-bond acceptors (Lipinski definition) is 3. The smallest absolute Gasteiger partial charge is 0.246 e. The lowest BCUT2D eigenvalue weighted by Gasteiger charge is -2.17. The van der Waals surface area contributed by atoms with Gasteiger partial charge in [0.2, 0.25) is 11.8 Å². The number of anilines is 3. The maximum atomic E-state index is 12.4. The predicted octanol–water partition coefficient (Wildman–Crippen LogP) is 4.09. The van der Waals surface area contributed by atoms with E-state index in [-0.39, 0.29) is 23.8 Å². The van der Waals surface area contributed by atoms with Crippen LogP contribution in [0.3, 0.4) is 0 Å². The van der Waals surface area contributed by atoms with E-state index in [9.17, 15) is 9.59 Å². The number of carbonyl (C=O) groups excluding carboxylic acids is 2. The van der Waals surface area contributed by atoms with Gasteiger partial charge in [0.25, 0.3) is 0 Å². The first-order valence-electron chi connectivity index (χ1n) is 8.98. The molecule has 0 bridgehead atoms. The lowest BCUT2D eigenvalue weighted by atomic mass is 10.1. The highest BCUT2D eigenvalue weighted by Gasteiger charge is 2.29. The van der Waals surface area contributed by atoms with Crippen LogP contribution in [0, 0.1) is 19.8 Å². The summed E-state index contributed by atoms with van der Waals surface area (Å²) in [4.78, 5) is 24.2. The van der Waals surface area contributed by atoms with Crippen LogP contribution in [-0.2, 0) is 9.59 Å². The Kier molecular flexibility index (Phi) is 5.26. The molecule has 1 fully saturated rings. The Balaban J connectivity index is 1.55. The summed E-state index contributed by atoms with van der Waals surface area (Å²) in [5.41, 5.74) is 4.65. The van der Waals surface area contributed by atoms with Crippen LogP contribution >= 0.6 is 0 Å². The Morgan fingerprint density at radius 2 is 1.62 bits per heavy atom. The van der Waals surface area contributed by atoms with E-state index in [4.69, 9.17) is 0 Å². The molecule has 3 N–H and O–H groups in total. The van der Waals surface area contributed by atoms with E-state index in [2.05, 4.69) is 16.0 Å². The molecule has 0 heterocycles. The Hall–Kier alpha value is -2.82. The Labute approximate surface area is 154 Å². The molecule has 0 aliphatic heterocycles. The monoisotopic (exact) mass is 351 g/mol. The highest BCUT2D eigenvalue weighted by Crippen LogP contribution is 2.30. The van der Waals surface area contributed by atoms with Crippen molar-refractivity contribution in [2.24, 2.45) is 5.92 Å². The minimum Gasteiger partial charge on any atom is -0.374 e. The van der Waals surface area contributed by atoms with Gasteiger partial charge in [-0.15, -0.1) is 0 Å². The molecule has 0 spiro atoms. The lowest BCUT2D eigenvalue weighted by Crippen LogP contribution is -2.32. The number of carbonyl (C=O) groups is 2. The van der Waals surface area contributed by atoms with Gasteiger partial charge >= 0.3 is 0 Å². The number of nitrogens with one attached hydrogen (secondary N) is 3. The van der Waals surface area contributed by atoms with Crippen molar-refractivity contribution in [2.75, 3.05) is 16.0 Å². The highest BCUT2D eigenvalue weighted by atomic mass is 16.2. The van der Waals surface area contributed by atoms with Crippen LogP contribution in [0.25, 0.3) is 0 Å². The number of amides is 2. The van der Waals surface area contributed by atoms with E-state index in [1.54, 1.807) is 0 Å². The van der Waals surface area contributed by atoms with Gasteiger partial charge in [-0.25, -0.2) is 0 Å². The quantitative estimate of drug-likeness (QED) is 0.734. The zero-order valence-electron chi connectivity index (χ0n) is 15.4. The van der Waals surface area contributed by atoms with Gasteiger partial charge in [-0.2, -0.15) is 0 Å². The summed E-state index contributed by atoms with van der Waals surface area (Å²) < 4.78 is 0. The summed E-state index contributed by atoms with van der Waals surface area (Å²) in [6.45, 7) is 5.83. The average molecular weight is 351 g/mol. The van der Waals surface area contributed by atoms with E-state index in [0.717, 1.165) is 35.5 Å². The van der Waals surface area contributed by atoms with Crippen LogP contribution in [0.2, 0.25) is 0 Å². The third kappa shape index (κ3) is 4.63. The number of hydrogen-bond donors (Lipinski definition) is 3. The van der Waals surface area contributed by atoms with Gasteiger partial charge in [0.05, 0.1) is 0 Å². The Bertz CT molecular complexity index is 811. The molecule has 136 valence electrons. The first-order chi connectivity index (χ1) is 12.4. The maximum absolute atomic E-state index is 12.4. The summed E-state index contributed by atoms with van der Waals surface area (Å²) in [6, 6.07) is 13.0. The SMILES string of the molecule is Cc1ccc(NC(=O)[C@H](C)Nc2ccc(NC(=O)C3CC3)cc2)c(C)c1. The van der Waals surface area contributed by atoms with Gasteiger partial charge in [-0.1, -0.05) is 17.7 Å². The molecule has 0 unspecified atom stereocenters. The molecule has 1 atom stereocenters. The summed E-state index contributed by atoms with van der Waals surface area (Å²) in [7, 11) is 0. The van der Waals surface area contributed by atoms with Crippen LogP contribution in [-0.4, -0.2) is 17.9 Å². The van der Waals surface area contributed by atoms with Crippen molar-refractivity contribution < 1.29 is 9.59 Å². The molecule has 1 aliphatic rings. The minimum absolute atomic E-state index is 0.0897. The van der Waals surface area contributed by atoms with Gasteiger partial charge in [0, 0.05) is 23.0 Å². The average Bonchev–Trinajstić information content (AvgIpc) is 3.44. The molecule has 5 nitrogen and oxygen atoms in total. The molecule has 2 aromatic rings. The van der Waals surface area contributed by atoms with Crippen LogP contribution in [0.4, 0.5) is 17.1 Å². The lowest BCUT2D eigenvalue weighted by molar-refractivity contribution is -0.117. The molecule has 2 aromatic carbocycles. The van der Waals surface area contributed by atoms with E-state index in [1.807, 2.05) is 63.2 Å². The van der Waals surface area contributed by atoms with E-state index in [1.165, 1.54) is 5.56 Å². The van der Waals surface area contributed by atoms with Crippen LogP contribution < -0.4 is 16.0 Å². The zero-order valence-corrected chi connectivity index (χ0v) is 15.4. The number of rotatable bonds is 6. The van der Waals surface area contributed by atoms with Crippen molar-refractivity contribution >= 4 is 28.9 Å². The van der Waals surface area contributed by atoms with Crippen molar-refractivity contribution in [3.63, 3.8) is 0 Å². The second kappa shape index (κ2) is 7.60. The van der Waals surface area contributed by atoms with Crippen molar-refractivity contribution in [1.82, 2.24) is 0 Å². The van der Waals surface area contributed by atoms with Gasteiger partial charge < -0.3 is 16.0 Å². The van der Waals surface area contributed by atoms with Gasteiger partial charge in [0.15, 0.2) is 0 Å². The number of aryl methyl sites for hydroxylation is 2. The first kappa shape index (κ1) is 18.0. The summed E-state index contributed by atoms with van der Waals surface area (Å²) >= 11 is 0. The third-order valence-corrected chi connectivity index (χ3v) is 4.52. The van der Waals surface area contributed by atoms with Crippen LogP contribution in [0.5, 0.6) is 0 Å². The molecular weight excluding hydrogens is 326 g/mol. The Morgan fingerprint density at radius 1 is 0.962 bits per heavy atom. The van der Waals surface area contributed by atoms with Crippen molar-refractivity contribution in [2.45, 2.75) is 39.7 Å². The molecule has 0 saturated heterocycles. The van der Waals surface area contributed by atoms with Gasteiger partial charge in [0.1, 0.15) is 6.04 Å². The predicted molar refractivity (Wildman–Crippen MR) is 105 cm³/mol. The van der Waals surface area contributed by atoms with E-state index >= 15 is 0 Å². The van der Waals surface area contributed by atoms with Crippen molar-refractivity contribution in [3.05, 3.63) is 53.6 Å². The Morgan fingerprint density at radius 3 is 2.23 bits per heavy atom. The fraction of sp³-hybridized carbons (Fsp3) is 0.333. The highest BCUT2D eigenvalue weighted by molar-refractivity contribution is 5.97. The van der Waals surface area contributed by atoms with Crippen molar-refractivity contribution in [3.8, 4) is 0 Å². The molecule has 3 rings (SSSR count). The minimum atomic E-state index is -0.386. The van der Waals surface area contributed by atoms with Crippen LogP contribution in [0.15, 0.2) is 42.5 Å². The summed E-state index contributed by atoms with van der Waals surface area (Å²) in [5, 5.41) is 9.04. The molecular formula is C21H25N3O2. The third-order valence-electron chi connectivity index (χ3n) is 4.52. The molecule has 5 heteroatoms. The van der Waals surface area contributed by atoms with E-state index < -0.39 is 0 Å². The molecule has 26 heavy (non-hydrogen) atoms. The summed E-state index contributed by atoms with van der Waals surface area (Å²) in [5.74, 6) is 0.178. The molecule has 0 aromatic heterocycles. The fourth-order valence-electron chi connectivity index (χ4n) is 2.75. The molecule has 1 saturated carbocycles. The summed E-state index contributed by atoms with van der Waals surface area (Å²) in [6.07, 6.45) is 1.97. The number of benzene rings is 2. The van der Waals surface area contributed by atoms with Crippen LogP contribution in [0.1, 0.15) is 30.9 Å². The van der Waals surface area contributed by atoms with Gasteiger partial charge in [-0.3, -0.25) is 9.59 Å². The van der Waals surface area contributed by atoms with E-state index in [0.29, 0.717) is 0 Å². The maximum Gasteiger partial charge on any atom is 0.246 e. The standard InChI is InChI=1S/C21H25N3O2/c1-13-4-11-19(14(2)12-13)24-20(25)15(3)22-17-7-9-18(10-8-17)23-21(26)16-5-6-16/h4,7-12,15-16,22H,5-6H2,1-3H3,(H,23,26)(H,24,25)/t15-/m0/s1. The van der Waals surface area contributed by atoms with Gasteiger partial charge in [-0.05, 0) is 69.5 Å². The molecule has 0 radical (unpaired) electrons. The largest absolute Gasteiger partial charge is 0.374 e. The van der Waals surface area contributed by atoms with Crippen molar-refractivity contribution in [1.29, 1.82) is 0 Å². The topological polar surface area (TPSA) is 70.2 Å². The second-order valence-corrected chi connectivity index (χ2v) is 7.01. The molecule has 2 amide bonds. The molecule has 1 aliphatic carbocycles.